The fourth-order valence-electron chi connectivity index (χ4n) is 2.12. The third kappa shape index (κ3) is 2.63. The molecule has 0 saturated carbocycles. The highest BCUT2D eigenvalue weighted by atomic mass is 16.6. The Morgan fingerprint density at radius 1 is 1.58 bits per heavy atom. The molecule has 98 valence electrons. The summed E-state index contributed by atoms with van der Waals surface area (Å²) in [6, 6.07) is 6.19. The highest BCUT2D eigenvalue weighted by Gasteiger charge is 2.30. The predicted octanol–water partition coefficient (Wildman–Crippen LogP) is 1.38. The molecule has 2 rings (SSSR count). The van der Waals surface area contributed by atoms with Crippen LogP contribution in [0, 0.1) is 27.4 Å². The highest BCUT2D eigenvalue weighted by Crippen LogP contribution is 2.30. The van der Waals surface area contributed by atoms with Crippen LogP contribution >= 0.6 is 0 Å². The van der Waals surface area contributed by atoms with Crippen molar-refractivity contribution >= 4 is 17.3 Å². The Balaban J connectivity index is 2.12. The van der Waals surface area contributed by atoms with Crippen LogP contribution in [0.15, 0.2) is 18.2 Å². The van der Waals surface area contributed by atoms with Crippen molar-refractivity contribution in [2.24, 2.45) is 5.92 Å². The standard InChI is InChI=1S/C12H11N3O4/c13-5-9-1-2-10(4-11(9)15(18)19)14-6-8(7-14)3-12(16)17/h1-2,4,8H,3,6-7H2,(H,16,17). The van der Waals surface area contributed by atoms with E-state index in [9.17, 15) is 14.9 Å². The maximum Gasteiger partial charge on any atom is 0.303 e. The maximum absolute atomic E-state index is 10.8. The van der Waals surface area contributed by atoms with E-state index in [-0.39, 0.29) is 23.6 Å². The summed E-state index contributed by atoms with van der Waals surface area (Å²) in [5.74, 6) is -0.761. The minimum absolute atomic E-state index is 0.0244. The molecule has 0 unspecified atom stereocenters. The summed E-state index contributed by atoms with van der Waals surface area (Å²) >= 11 is 0. The topological polar surface area (TPSA) is 107 Å². The summed E-state index contributed by atoms with van der Waals surface area (Å²) in [4.78, 5) is 22.6. The molecular formula is C12H11N3O4. The molecule has 0 atom stereocenters. The molecule has 0 amide bonds. The molecule has 0 radical (unpaired) electrons. The average molecular weight is 261 g/mol. The van der Waals surface area contributed by atoms with Crippen LogP contribution in [-0.4, -0.2) is 29.1 Å². The second kappa shape index (κ2) is 4.94. The van der Waals surface area contributed by atoms with Gasteiger partial charge in [0.05, 0.1) is 11.3 Å². The van der Waals surface area contributed by atoms with Gasteiger partial charge in [-0.1, -0.05) is 0 Å². The summed E-state index contributed by atoms with van der Waals surface area (Å²) in [5.41, 5.74) is 0.449. The molecule has 1 aliphatic rings. The van der Waals surface area contributed by atoms with Gasteiger partial charge in [0.1, 0.15) is 11.6 Å². The van der Waals surface area contributed by atoms with Crippen LogP contribution in [0.1, 0.15) is 12.0 Å². The first kappa shape index (κ1) is 12.8. The summed E-state index contributed by atoms with van der Waals surface area (Å²) in [7, 11) is 0. The van der Waals surface area contributed by atoms with Crippen molar-refractivity contribution in [1.82, 2.24) is 0 Å². The lowest BCUT2D eigenvalue weighted by Gasteiger charge is -2.40. The van der Waals surface area contributed by atoms with Crippen LogP contribution in [-0.2, 0) is 4.79 Å². The van der Waals surface area contributed by atoms with E-state index in [4.69, 9.17) is 10.4 Å². The quantitative estimate of drug-likeness (QED) is 0.648. The highest BCUT2D eigenvalue weighted by molar-refractivity contribution is 5.68. The van der Waals surface area contributed by atoms with Crippen molar-refractivity contribution < 1.29 is 14.8 Å². The molecule has 7 nitrogen and oxygen atoms in total. The third-order valence-electron chi connectivity index (χ3n) is 3.08. The molecule has 1 saturated heterocycles. The third-order valence-corrected chi connectivity index (χ3v) is 3.08. The number of nitrogens with zero attached hydrogens (tertiary/aromatic N) is 3. The van der Waals surface area contributed by atoms with Gasteiger partial charge >= 0.3 is 5.97 Å². The Morgan fingerprint density at radius 3 is 2.79 bits per heavy atom. The Kier molecular flexibility index (Phi) is 3.33. The Labute approximate surface area is 108 Å². The number of carboxylic acid groups (broad SMARTS) is 1. The SMILES string of the molecule is N#Cc1ccc(N2CC(CC(=O)O)C2)cc1[N+](=O)[O-]. The number of anilines is 1. The number of hydrogen-bond donors (Lipinski definition) is 1. The number of nitro groups is 1. The number of nitro benzene ring substituents is 1. The fraction of sp³-hybridized carbons (Fsp3) is 0.333. The second-order valence-electron chi connectivity index (χ2n) is 4.44. The molecule has 1 aromatic carbocycles. The monoisotopic (exact) mass is 261 g/mol. The zero-order valence-corrected chi connectivity index (χ0v) is 9.94. The first-order valence-corrected chi connectivity index (χ1v) is 5.66. The fourth-order valence-corrected chi connectivity index (χ4v) is 2.12. The number of benzene rings is 1. The van der Waals surface area contributed by atoms with Crippen molar-refractivity contribution in [3.63, 3.8) is 0 Å². The van der Waals surface area contributed by atoms with Gasteiger partial charge in [-0.3, -0.25) is 14.9 Å². The minimum Gasteiger partial charge on any atom is -0.481 e. The lowest BCUT2D eigenvalue weighted by molar-refractivity contribution is -0.385. The van der Waals surface area contributed by atoms with Gasteiger partial charge < -0.3 is 10.0 Å². The smallest absolute Gasteiger partial charge is 0.303 e. The van der Waals surface area contributed by atoms with Gasteiger partial charge in [0.25, 0.3) is 5.69 Å². The molecule has 0 bridgehead atoms. The van der Waals surface area contributed by atoms with Crippen molar-refractivity contribution in [1.29, 1.82) is 5.26 Å². The number of rotatable bonds is 4. The first-order chi connectivity index (χ1) is 9.01. The van der Waals surface area contributed by atoms with Crippen LogP contribution in [0.3, 0.4) is 0 Å². The molecule has 19 heavy (non-hydrogen) atoms. The van der Waals surface area contributed by atoms with E-state index in [1.807, 2.05) is 4.90 Å². The second-order valence-corrected chi connectivity index (χ2v) is 4.44. The molecule has 7 heteroatoms. The summed E-state index contributed by atoms with van der Waals surface area (Å²) in [6.07, 6.45) is 0.106. The van der Waals surface area contributed by atoms with Gasteiger partial charge in [-0.05, 0) is 12.1 Å². The molecular weight excluding hydrogens is 250 g/mol. The molecule has 1 heterocycles. The molecule has 0 aromatic heterocycles. The van der Waals surface area contributed by atoms with Crippen LogP contribution in [0.25, 0.3) is 0 Å². The average Bonchev–Trinajstić information content (AvgIpc) is 2.32. The summed E-state index contributed by atoms with van der Waals surface area (Å²) < 4.78 is 0. The maximum atomic E-state index is 10.8. The van der Waals surface area contributed by atoms with E-state index in [2.05, 4.69) is 0 Å². The van der Waals surface area contributed by atoms with Gasteiger partial charge in [0.2, 0.25) is 0 Å². The van der Waals surface area contributed by atoms with Crippen molar-refractivity contribution in [3.8, 4) is 6.07 Å². The molecule has 1 aromatic rings. The van der Waals surface area contributed by atoms with Gasteiger partial charge in [-0.2, -0.15) is 5.26 Å². The minimum atomic E-state index is -0.838. The van der Waals surface area contributed by atoms with Crippen LogP contribution < -0.4 is 4.90 Å². The van der Waals surface area contributed by atoms with Gasteiger partial charge in [-0.25, -0.2) is 0 Å². The lowest BCUT2D eigenvalue weighted by atomic mass is 9.95. The normalized spacial score (nSPS) is 14.6. The van der Waals surface area contributed by atoms with Crippen molar-refractivity contribution in [2.75, 3.05) is 18.0 Å². The summed E-state index contributed by atoms with van der Waals surface area (Å²) in [6.45, 7) is 1.13. The zero-order valence-electron chi connectivity index (χ0n) is 9.94. The molecule has 1 fully saturated rings. The van der Waals surface area contributed by atoms with Crippen molar-refractivity contribution in [3.05, 3.63) is 33.9 Å². The van der Waals surface area contributed by atoms with E-state index in [0.717, 1.165) is 0 Å². The molecule has 1 N–H and O–H groups in total. The number of hydrogen-bond acceptors (Lipinski definition) is 5. The molecule has 0 aliphatic carbocycles. The first-order valence-electron chi connectivity index (χ1n) is 5.66. The van der Waals surface area contributed by atoms with Crippen LogP contribution in [0.4, 0.5) is 11.4 Å². The molecule has 1 aliphatic heterocycles. The van der Waals surface area contributed by atoms with E-state index in [0.29, 0.717) is 18.8 Å². The Hall–Kier alpha value is -2.62. The number of aliphatic carboxylic acids is 1. The predicted molar refractivity (Wildman–Crippen MR) is 65.8 cm³/mol. The van der Waals surface area contributed by atoms with E-state index in [1.54, 1.807) is 12.1 Å². The number of carboxylic acids is 1. The zero-order chi connectivity index (χ0) is 14.0. The Bertz CT molecular complexity index is 573. The van der Waals surface area contributed by atoms with E-state index in [1.165, 1.54) is 12.1 Å². The van der Waals surface area contributed by atoms with Gasteiger partial charge in [-0.15, -0.1) is 0 Å². The van der Waals surface area contributed by atoms with Gasteiger partial charge in [0.15, 0.2) is 0 Å². The Morgan fingerprint density at radius 2 is 2.26 bits per heavy atom. The summed E-state index contributed by atoms with van der Waals surface area (Å²) in [5, 5.41) is 28.3. The van der Waals surface area contributed by atoms with Gasteiger partial charge in [0, 0.05) is 30.8 Å². The largest absolute Gasteiger partial charge is 0.481 e. The van der Waals surface area contributed by atoms with E-state index < -0.39 is 10.9 Å². The lowest BCUT2D eigenvalue weighted by Crippen LogP contribution is -2.47. The number of carbonyl (C=O) groups is 1. The van der Waals surface area contributed by atoms with Crippen LogP contribution in [0.5, 0.6) is 0 Å². The van der Waals surface area contributed by atoms with Crippen molar-refractivity contribution in [2.45, 2.75) is 6.42 Å². The molecule has 0 spiro atoms. The van der Waals surface area contributed by atoms with Crippen LogP contribution in [0.2, 0.25) is 0 Å². The number of nitriles is 1. The van der Waals surface area contributed by atoms with E-state index >= 15 is 0 Å².